The van der Waals surface area contributed by atoms with Crippen molar-refractivity contribution < 1.29 is 0 Å². The van der Waals surface area contributed by atoms with Gasteiger partial charge in [-0.3, -0.25) is 4.57 Å². The summed E-state index contributed by atoms with van der Waals surface area (Å²) in [6.07, 6.45) is 6.37. The highest BCUT2D eigenvalue weighted by atomic mass is 16.1. The molecule has 15 heavy (non-hydrogen) atoms. The lowest BCUT2D eigenvalue weighted by Crippen LogP contribution is -2.29. The van der Waals surface area contributed by atoms with E-state index in [-0.39, 0.29) is 5.69 Å². The molecule has 0 aromatic carbocycles. The van der Waals surface area contributed by atoms with Gasteiger partial charge in [0, 0.05) is 7.05 Å². The molecule has 0 amide bonds. The molecule has 0 spiro atoms. The van der Waals surface area contributed by atoms with Crippen LogP contribution in [-0.2, 0) is 7.05 Å². The minimum absolute atomic E-state index is 0.0900. The fourth-order valence-corrected chi connectivity index (χ4v) is 1.24. The number of aromatic amines is 1. The normalized spacial score (nSPS) is 12.3. The zero-order valence-electron chi connectivity index (χ0n) is 10.0. The predicted molar refractivity (Wildman–Crippen MR) is 66.0 cm³/mol. The van der Waals surface area contributed by atoms with Crippen molar-refractivity contribution in [3.63, 3.8) is 0 Å². The van der Waals surface area contributed by atoms with E-state index in [9.17, 15) is 4.79 Å². The van der Waals surface area contributed by atoms with Gasteiger partial charge in [0.2, 0.25) is 0 Å². The lowest BCUT2D eigenvalue weighted by Gasteiger charge is -1.86. The molecule has 84 valence electrons. The molecule has 0 saturated heterocycles. The number of H-pyrrole nitrogens is 1. The van der Waals surface area contributed by atoms with Crippen molar-refractivity contribution in [3.05, 3.63) is 33.8 Å². The minimum Gasteiger partial charge on any atom is -0.306 e. The first-order valence-electron chi connectivity index (χ1n) is 5.28. The Hall–Kier alpha value is -1.51. The number of aromatic nitrogens is 2. The zero-order chi connectivity index (χ0) is 11.8. The molecule has 3 heteroatoms. The molecule has 0 fully saturated rings. The van der Waals surface area contributed by atoms with E-state index >= 15 is 0 Å². The van der Waals surface area contributed by atoms with Crippen molar-refractivity contribution in [1.29, 1.82) is 0 Å². The third-order valence-electron chi connectivity index (χ3n) is 1.87. The number of hydrogen-bond acceptors (Lipinski definition) is 1. The van der Waals surface area contributed by atoms with Gasteiger partial charge in [0.1, 0.15) is 0 Å². The van der Waals surface area contributed by atoms with Crippen LogP contribution in [0.5, 0.6) is 0 Å². The largest absolute Gasteiger partial charge is 0.326 e. The summed E-state index contributed by atoms with van der Waals surface area (Å²) < 4.78 is 1.60. The van der Waals surface area contributed by atoms with Gasteiger partial charge >= 0.3 is 5.69 Å². The highest BCUT2D eigenvalue weighted by Crippen LogP contribution is 1.72. The van der Waals surface area contributed by atoms with E-state index in [1.807, 2.05) is 26.8 Å². The predicted octanol–water partition coefficient (Wildman–Crippen LogP) is 0.897. The number of nitrogens with one attached hydrogen (secondary N) is 1. The maximum atomic E-state index is 11.2. The second-order valence-corrected chi connectivity index (χ2v) is 2.80. The molecule has 0 aliphatic carbocycles. The summed E-state index contributed by atoms with van der Waals surface area (Å²) >= 11 is 0. The molecular formula is C12H20N2O. The van der Waals surface area contributed by atoms with Gasteiger partial charge in [0.05, 0.1) is 10.7 Å². The van der Waals surface area contributed by atoms with Crippen LogP contribution >= 0.6 is 0 Å². The molecule has 0 aliphatic rings. The maximum absolute atomic E-state index is 11.2. The third-order valence-corrected chi connectivity index (χ3v) is 1.87. The van der Waals surface area contributed by atoms with E-state index in [0.717, 1.165) is 17.1 Å². The van der Waals surface area contributed by atoms with Crippen LogP contribution in [0.3, 0.4) is 0 Å². The van der Waals surface area contributed by atoms with Gasteiger partial charge in [-0.15, -0.1) is 0 Å². The summed E-state index contributed by atoms with van der Waals surface area (Å²) in [6.45, 7) is 9.63. The monoisotopic (exact) mass is 208 g/mol. The fraction of sp³-hybridized carbons (Fsp3) is 0.417. The Bertz CT molecular complexity index is 463. The molecular weight excluding hydrogens is 188 g/mol. The Labute approximate surface area is 90.5 Å². The van der Waals surface area contributed by atoms with Gasteiger partial charge in [-0.25, -0.2) is 4.79 Å². The van der Waals surface area contributed by atoms with E-state index in [0.29, 0.717) is 0 Å². The second kappa shape index (κ2) is 6.87. The van der Waals surface area contributed by atoms with E-state index in [1.165, 1.54) is 0 Å². The quantitative estimate of drug-likeness (QED) is 0.770. The molecule has 1 aromatic rings. The van der Waals surface area contributed by atoms with Crippen molar-refractivity contribution in [2.75, 3.05) is 0 Å². The van der Waals surface area contributed by atoms with Crippen molar-refractivity contribution in [2.24, 2.45) is 7.05 Å². The van der Waals surface area contributed by atoms with Crippen LogP contribution in [0.25, 0.3) is 12.2 Å². The fourth-order valence-electron chi connectivity index (χ4n) is 1.24. The van der Waals surface area contributed by atoms with Crippen LogP contribution in [0.15, 0.2) is 17.4 Å². The Morgan fingerprint density at radius 2 is 2.07 bits per heavy atom. The highest BCUT2D eigenvalue weighted by Gasteiger charge is 1.94. The van der Waals surface area contributed by atoms with Gasteiger partial charge in [-0.1, -0.05) is 39.5 Å². The van der Waals surface area contributed by atoms with Crippen LogP contribution in [0, 0.1) is 0 Å². The van der Waals surface area contributed by atoms with Crippen LogP contribution in [0.4, 0.5) is 0 Å². The summed E-state index contributed by atoms with van der Waals surface area (Å²) in [7, 11) is 1.75. The molecule has 0 unspecified atom stereocenters. The molecule has 0 radical (unpaired) electrons. The summed E-state index contributed by atoms with van der Waals surface area (Å²) in [6, 6.07) is 0. The van der Waals surface area contributed by atoms with Crippen LogP contribution < -0.4 is 16.4 Å². The standard InChI is InChI=1S/C10H14N2O.C2H6/c1-4-6-8-9(7-5-2)12(3)10(13)11-8;1-2/h4,6-7H,1,5H2,2-3H3,(H,11,13);1-2H3/b8-6+,9-7+;. The lowest BCUT2D eigenvalue weighted by molar-refractivity contribution is 0.833. The first-order chi connectivity index (χ1) is 7.20. The second-order valence-electron chi connectivity index (χ2n) is 2.80. The molecule has 3 nitrogen and oxygen atoms in total. The Morgan fingerprint density at radius 1 is 1.47 bits per heavy atom. The summed E-state index contributed by atoms with van der Waals surface area (Å²) in [5.74, 6) is 0. The van der Waals surface area contributed by atoms with Gasteiger partial charge in [0.25, 0.3) is 0 Å². The van der Waals surface area contributed by atoms with E-state index in [1.54, 1.807) is 23.8 Å². The van der Waals surface area contributed by atoms with Gasteiger partial charge in [-0.2, -0.15) is 0 Å². The van der Waals surface area contributed by atoms with Crippen molar-refractivity contribution in [2.45, 2.75) is 27.2 Å². The average Bonchev–Trinajstić information content (AvgIpc) is 2.50. The Morgan fingerprint density at radius 3 is 2.53 bits per heavy atom. The Kier molecular flexibility index (Phi) is 6.18. The molecule has 0 saturated carbocycles. The molecule has 1 N–H and O–H groups in total. The van der Waals surface area contributed by atoms with Crippen LogP contribution in [-0.4, -0.2) is 9.55 Å². The average molecular weight is 208 g/mol. The number of hydrogen-bond donors (Lipinski definition) is 1. The van der Waals surface area contributed by atoms with Gasteiger partial charge < -0.3 is 4.98 Å². The van der Waals surface area contributed by atoms with Gasteiger partial charge in [0.15, 0.2) is 0 Å². The minimum atomic E-state index is -0.0900. The molecule has 1 aromatic heterocycles. The summed E-state index contributed by atoms with van der Waals surface area (Å²) in [5, 5.41) is 1.75. The first kappa shape index (κ1) is 13.5. The smallest absolute Gasteiger partial charge is 0.306 e. The van der Waals surface area contributed by atoms with E-state index < -0.39 is 0 Å². The summed E-state index contributed by atoms with van der Waals surface area (Å²) in [5.41, 5.74) is -0.0900. The third kappa shape index (κ3) is 3.27. The van der Waals surface area contributed by atoms with Crippen LogP contribution in [0.2, 0.25) is 0 Å². The van der Waals surface area contributed by atoms with E-state index in [4.69, 9.17) is 0 Å². The molecule has 0 bridgehead atoms. The van der Waals surface area contributed by atoms with E-state index in [2.05, 4.69) is 11.6 Å². The summed E-state index contributed by atoms with van der Waals surface area (Å²) in [4.78, 5) is 14.0. The number of allylic oxidation sites excluding steroid dienone is 1. The van der Waals surface area contributed by atoms with Crippen molar-refractivity contribution in [3.8, 4) is 0 Å². The zero-order valence-corrected chi connectivity index (χ0v) is 10.0. The van der Waals surface area contributed by atoms with Crippen LogP contribution in [0.1, 0.15) is 27.2 Å². The van der Waals surface area contributed by atoms with Crippen molar-refractivity contribution in [1.82, 2.24) is 9.55 Å². The Balaban J connectivity index is 0.000000921. The topological polar surface area (TPSA) is 37.8 Å². The maximum Gasteiger partial charge on any atom is 0.326 e. The number of rotatable bonds is 2. The molecule has 1 heterocycles. The van der Waals surface area contributed by atoms with Gasteiger partial charge in [-0.05, 0) is 12.5 Å². The van der Waals surface area contributed by atoms with Crippen molar-refractivity contribution >= 4 is 12.2 Å². The molecule has 0 atom stereocenters. The number of imidazole rings is 1. The molecule has 0 aliphatic heterocycles. The number of nitrogens with zero attached hydrogens (tertiary/aromatic N) is 1. The lowest BCUT2D eigenvalue weighted by atomic mass is 10.4. The SMILES string of the molecule is C=C/C=c1/[nH]c(=O)n(C)/c1=C/CC.CC. The highest BCUT2D eigenvalue weighted by molar-refractivity contribution is 5.34. The molecule has 1 rings (SSSR count). The first-order valence-corrected chi connectivity index (χ1v) is 5.28.